The molecule has 0 atom stereocenters. The van der Waals surface area contributed by atoms with Gasteiger partial charge in [0.15, 0.2) is 0 Å². The molecule has 0 aliphatic heterocycles. The molecule has 0 unspecified atom stereocenters. The van der Waals surface area contributed by atoms with E-state index in [-0.39, 0.29) is 11.8 Å². The number of hydrogen-bond acceptors (Lipinski definition) is 3. The maximum Gasteiger partial charge on any atom is 0.262 e. The number of nitrogen functional groups attached to an aromatic ring is 1. The summed E-state index contributed by atoms with van der Waals surface area (Å²) in [6.45, 7) is 3.77. The van der Waals surface area contributed by atoms with E-state index < -0.39 is 5.41 Å². The summed E-state index contributed by atoms with van der Waals surface area (Å²) in [5.41, 5.74) is 9.36. The van der Waals surface area contributed by atoms with E-state index in [9.17, 15) is 9.59 Å². The molecule has 2 amide bonds. The number of amides is 2. The Labute approximate surface area is 199 Å². The van der Waals surface area contributed by atoms with Crippen molar-refractivity contribution in [2.24, 2.45) is 0 Å². The van der Waals surface area contributed by atoms with Crippen molar-refractivity contribution in [2.75, 3.05) is 16.0 Å². The Balaban J connectivity index is 1.58. The number of nitrogens with two attached hydrogens (primary N) is 1. The van der Waals surface area contributed by atoms with Crippen LogP contribution in [0.5, 0.6) is 0 Å². The summed E-state index contributed by atoms with van der Waals surface area (Å²) in [6.07, 6.45) is 0. The summed E-state index contributed by atoms with van der Waals surface area (Å²) < 4.78 is 0. The molecule has 34 heavy (non-hydrogen) atoms. The molecule has 0 bridgehead atoms. The van der Waals surface area contributed by atoms with Crippen molar-refractivity contribution in [1.82, 2.24) is 0 Å². The van der Waals surface area contributed by atoms with Crippen molar-refractivity contribution in [2.45, 2.75) is 19.3 Å². The maximum atomic E-state index is 13.6. The number of carbonyl (C=O) groups excluding carboxylic acids is 2. The summed E-state index contributed by atoms with van der Waals surface area (Å²) in [6, 6.07) is 33.2. The minimum atomic E-state index is -0.704. The van der Waals surface area contributed by atoms with E-state index in [2.05, 4.69) is 5.32 Å². The molecule has 4 aromatic rings. The van der Waals surface area contributed by atoms with E-state index >= 15 is 0 Å². The van der Waals surface area contributed by atoms with Crippen molar-refractivity contribution in [3.63, 3.8) is 0 Å². The lowest BCUT2D eigenvalue weighted by Crippen LogP contribution is -2.34. The first-order valence-electron chi connectivity index (χ1n) is 11.1. The summed E-state index contributed by atoms with van der Waals surface area (Å²) in [5, 5.41) is 2.96. The molecule has 0 spiro atoms. The van der Waals surface area contributed by atoms with E-state index in [4.69, 9.17) is 5.73 Å². The van der Waals surface area contributed by atoms with Gasteiger partial charge < -0.3 is 11.1 Å². The van der Waals surface area contributed by atoms with Gasteiger partial charge >= 0.3 is 0 Å². The lowest BCUT2D eigenvalue weighted by Gasteiger charge is -2.25. The Hall–Kier alpha value is -4.38. The van der Waals surface area contributed by atoms with Crippen LogP contribution in [0.25, 0.3) is 0 Å². The second-order valence-corrected chi connectivity index (χ2v) is 8.56. The fraction of sp³-hybridized carbons (Fsp3) is 0.103. The molecule has 5 heteroatoms. The van der Waals surface area contributed by atoms with Crippen LogP contribution in [0.4, 0.5) is 22.7 Å². The number of anilines is 4. The van der Waals surface area contributed by atoms with Gasteiger partial charge in [0, 0.05) is 16.9 Å². The Kier molecular flexibility index (Phi) is 6.46. The normalized spacial score (nSPS) is 11.0. The van der Waals surface area contributed by atoms with Crippen LogP contribution >= 0.6 is 0 Å². The molecule has 4 aromatic carbocycles. The number of nitrogens with one attached hydrogen (secondary N) is 1. The molecule has 0 aromatic heterocycles. The van der Waals surface area contributed by atoms with E-state index in [1.807, 2.05) is 92.7 Å². The molecule has 0 heterocycles. The smallest absolute Gasteiger partial charge is 0.262 e. The first-order chi connectivity index (χ1) is 16.4. The maximum absolute atomic E-state index is 13.6. The highest BCUT2D eigenvalue weighted by Gasteiger charge is 2.29. The highest BCUT2D eigenvalue weighted by Crippen LogP contribution is 2.32. The predicted octanol–water partition coefficient (Wildman–Crippen LogP) is 6.16. The molecule has 0 radical (unpaired) electrons. The average Bonchev–Trinajstić information content (AvgIpc) is 2.87. The van der Waals surface area contributed by atoms with Crippen LogP contribution < -0.4 is 16.0 Å². The molecule has 5 nitrogen and oxygen atoms in total. The third kappa shape index (κ3) is 4.69. The third-order valence-corrected chi connectivity index (χ3v) is 5.85. The standard InChI is InChI=1S/C29H27N3O2/c1-29(2,22-11-5-3-6-12-22)28(34)31-23-19-17-21(18-20-23)27(33)32(24-13-7-4-8-14-24)26-16-10-9-15-25(26)30/h3-20H,30H2,1-2H3,(H,31,34). The second-order valence-electron chi connectivity index (χ2n) is 8.56. The zero-order valence-corrected chi connectivity index (χ0v) is 19.2. The lowest BCUT2D eigenvalue weighted by molar-refractivity contribution is -0.120. The summed E-state index contributed by atoms with van der Waals surface area (Å²) >= 11 is 0. The Morgan fingerprint density at radius 3 is 1.91 bits per heavy atom. The molecule has 170 valence electrons. The van der Waals surface area contributed by atoms with Gasteiger partial charge in [0.05, 0.1) is 16.8 Å². The number of rotatable bonds is 6. The molecule has 4 rings (SSSR count). The second kappa shape index (κ2) is 9.63. The van der Waals surface area contributed by atoms with Crippen LogP contribution in [0.2, 0.25) is 0 Å². The van der Waals surface area contributed by atoms with Crippen molar-refractivity contribution in [3.8, 4) is 0 Å². The summed E-state index contributed by atoms with van der Waals surface area (Å²) in [5.74, 6) is -0.340. The molecule has 0 saturated heterocycles. The molecule has 0 fully saturated rings. The zero-order chi connectivity index (χ0) is 24.1. The molecule has 0 aliphatic carbocycles. The highest BCUT2D eigenvalue weighted by molar-refractivity contribution is 6.12. The van der Waals surface area contributed by atoms with Gasteiger partial charge in [0.2, 0.25) is 5.91 Å². The number of nitrogens with zero attached hydrogens (tertiary/aromatic N) is 1. The van der Waals surface area contributed by atoms with Gasteiger partial charge in [-0.25, -0.2) is 0 Å². The summed E-state index contributed by atoms with van der Waals surface area (Å²) in [4.78, 5) is 28.1. The van der Waals surface area contributed by atoms with Crippen molar-refractivity contribution in [3.05, 3.63) is 120 Å². The van der Waals surface area contributed by atoms with Gasteiger partial charge in [-0.2, -0.15) is 0 Å². The summed E-state index contributed by atoms with van der Waals surface area (Å²) in [7, 11) is 0. The van der Waals surface area contributed by atoms with Crippen LogP contribution in [-0.4, -0.2) is 11.8 Å². The van der Waals surface area contributed by atoms with Gasteiger partial charge in [-0.15, -0.1) is 0 Å². The Morgan fingerprint density at radius 2 is 1.29 bits per heavy atom. The number of carbonyl (C=O) groups is 2. The number of para-hydroxylation sites is 3. The largest absolute Gasteiger partial charge is 0.397 e. The van der Waals surface area contributed by atoms with Crippen molar-refractivity contribution >= 4 is 34.6 Å². The van der Waals surface area contributed by atoms with E-state index in [0.29, 0.717) is 28.3 Å². The van der Waals surface area contributed by atoms with Gasteiger partial charge in [-0.1, -0.05) is 60.7 Å². The lowest BCUT2D eigenvalue weighted by atomic mass is 9.83. The van der Waals surface area contributed by atoms with Crippen LogP contribution in [-0.2, 0) is 10.2 Å². The van der Waals surface area contributed by atoms with Gasteiger partial charge in [0.25, 0.3) is 5.91 Å². The van der Waals surface area contributed by atoms with Gasteiger partial charge in [0.1, 0.15) is 0 Å². The third-order valence-electron chi connectivity index (χ3n) is 5.85. The quantitative estimate of drug-likeness (QED) is 0.346. The monoisotopic (exact) mass is 449 g/mol. The minimum Gasteiger partial charge on any atom is -0.397 e. The minimum absolute atomic E-state index is 0.124. The van der Waals surface area contributed by atoms with E-state index in [0.717, 1.165) is 5.56 Å². The van der Waals surface area contributed by atoms with Crippen LogP contribution in [0.3, 0.4) is 0 Å². The predicted molar refractivity (Wildman–Crippen MR) is 138 cm³/mol. The Bertz CT molecular complexity index is 1280. The molecular weight excluding hydrogens is 422 g/mol. The highest BCUT2D eigenvalue weighted by atomic mass is 16.2. The molecule has 0 aliphatic rings. The van der Waals surface area contributed by atoms with Gasteiger partial charge in [-0.05, 0) is 67.9 Å². The van der Waals surface area contributed by atoms with Crippen molar-refractivity contribution < 1.29 is 9.59 Å². The first kappa shape index (κ1) is 22.8. The topological polar surface area (TPSA) is 75.4 Å². The Morgan fingerprint density at radius 1 is 0.735 bits per heavy atom. The fourth-order valence-electron chi connectivity index (χ4n) is 3.73. The fourth-order valence-corrected chi connectivity index (χ4v) is 3.73. The van der Waals surface area contributed by atoms with Crippen LogP contribution in [0.15, 0.2) is 109 Å². The number of hydrogen-bond donors (Lipinski definition) is 2. The van der Waals surface area contributed by atoms with Crippen molar-refractivity contribution in [1.29, 1.82) is 0 Å². The first-order valence-corrected chi connectivity index (χ1v) is 11.1. The molecule has 3 N–H and O–H groups in total. The van der Waals surface area contributed by atoms with Crippen LogP contribution in [0.1, 0.15) is 29.8 Å². The van der Waals surface area contributed by atoms with E-state index in [1.165, 1.54) is 0 Å². The number of benzene rings is 4. The average molecular weight is 450 g/mol. The van der Waals surface area contributed by atoms with E-state index in [1.54, 1.807) is 35.2 Å². The SMILES string of the molecule is CC(C)(C(=O)Nc1ccc(C(=O)N(c2ccccc2)c2ccccc2N)cc1)c1ccccc1. The van der Waals surface area contributed by atoms with Gasteiger partial charge in [-0.3, -0.25) is 14.5 Å². The van der Waals surface area contributed by atoms with Crippen LogP contribution in [0, 0.1) is 0 Å². The molecule has 0 saturated carbocycles. The zero-order valence-electron chi connectivity index (χ0n) is 19.2. The molecular formula is C29H27N3O2.